The van der Waals surface area contributed by atoms with Crippen LogP contribution in [0.2, 0.25) is 0 Å². The van der Waals surface area contributed by atoms with E-state index in [0.717, 1.165) is 32.1 Å². The molecule has 2 aromatic rings. The maximum Gasteiger partial charge on any atom is 0.243 e. The lowest BCUT2D eigenvalue weighted by molar-refractivity contribution is -0.129. The molecular formula is C19H23NO2. The molecule has 0 heterocycles. The maximum absolute atomic E-state index is 10.8. The molecule has 2 N–H and O–H groups in total. The molecule has 3 heteroatoms. The summed E-state index contributed by atoms with van der Waals surface area (Å²) in [6.07, 6.45) is 9.95. The zero-order valence-corrected chi connectivity index (χ0v) is 12.8. The molecule has 2 aromatic carbocycles. The molecule has 0 saturated carbocycles. The van der Waals surface area contributed by atoms with Crippen LogP contribution in [0.15, 0.2) is 48.5 Å². The standard InChI is InChI=1S/C19H23NO2/c21-19(20-22)12-6-4-2-1-3-5-9-16-13-14-17-10-7-8-11-18(17)15-16/h5,7-11,13-15,22H,1-4,6,12H2,(H,20,21)/b9-5+. The van der Waals surface area contributed by atoms with Crippen LogP contribution in [0.25, 0.3) is 16.8 Å². The van der Waals surface area contributed by atoms with Crippen LogP contribution in [0.3, 0.4) is 0 Å². The minimum Gasteiger partial charge on any atom is -0.289 e. The van der Waals surface area contributed by atoms with Gasteiger partial charge in [0.2, 0.25) is 5.91 Å². The summed E-state index contributed by atoms with van der Waals surface area (Å²) in [4.78, 5) is 10.8. The molecule has 0 aliphatic rings. The first-order chi connectivity index (χ1) is 10.8. The van der Waals surface area contributed by atoms with Gasteiger partial charge in [0.15, 0.2) is 0 Å². The Hall–Kier alpha value is -2.13. The Kier molecular flexibility index (Phi) is 6.65. The molecule has 0 saturated heterocycles. The number of amides is 1. The van der Waals surface area contributed by atoms with Crippen molar-refractivity contribution in [3.63, 3.8) is 0 Å². The predicted octanol–water partition coefficient (Wildman–Crippen LogP) is 4.70. The summed E-state index contributed by atoms with van der Waals surface area (Å²) in [6, 6.07) is 14.9. The third-order valence-electron chi connectivity index (χ3n) is 3.73. The fourth-order valence-corrected chi connectivity index (χ4v) is 2.49. The van der Waals surface area contributed by atoms with Crippen LogP contribution in [-0.4, -0.2) is 11.1 Å². The number of benzene rings is 2. The molecule has 116 valence electrons. The Labute approximate surface area is 131 Å². The lowest BCUT2D eigenvalue weighted by Crippen LogP contribution is -2.17. The third-order valence-corrected chi connectivity index (χ3v) is 3.73. The average molecular weight is 297 g/mol. The van der Waals surface area contributed by atoms with Crippen molar-refractivity contribution in [2.24, 2.45) is 0 Å². The fourth-order valence-electron chi connectivity index (χ4n) is 2.49. The van der Waals surface area contributed by atoms with Gasteiger partial charge in [0.05, 0.1) is 0 Å². The zero-order valence-electron chi connectivity index (χ0n) is 12.8. The molecule has 0 aliphatic heterocycles. The Morgan fingerprint density at radius 3 is 2.59 bits per heavy atom. The van der Waals surface area contributed by atoms with Gasteiger partial charge in [-0.3, -0.25) is 10.0 Å². The van der Waals surface area contributed by atoms with Crippen LogP contribution in [0.5, 0.6) is 0 Å². The van der Waals surface area contributed by atoms with E-state index in [2.05, 4.69) is 54.6 Å². The maximum atomic E-state index is 10.8. The monoisotopic (exact) mass is 297 g/mol. The highest BCUT2D eigenvalue weighted by Crippen LogP contribution is 2.17. The number of carbonyl (C=O) groups excluding carboxylic acids is 1. The lowest BCUT2D eigenvalue weighted by Gasteiger charge is -2.00. The summed E-state index contributed by atoms with van der Waals surface area (Å²) in [6.45, 7) is 0. The third kappa shape index (κ3) is 5.34. The molecule has 0 aliphatic carbocycles. The normalized spacial score (nSPS) is 11.1. The minimum absolute atomic E-state index is 0.295. The summed E-state index contributed by atoms with van der Waals surface area (Å²) in [5.74, 6) is -0.295. The molecule has 1 amide bonds. The van der Waals surface area contributed by atoms with E-state index in [0.29, 0.717) is 6.42 Å². The number of rotatable bonds is 8. The van der Waals surface area contributed by atoms with Crippen molar-refractivity contribution in [1.82, 2.24) is 5.48 Å². The average Bonchev–Trinajstić information content (AvgIpc) is 2.56. The van der Waals surface area contributed by atoms with Crippen molar-refractivity contribution in [2.75, 3.05) is 0 Å². The summed E-state index contributed by atoms with van der Waals surface area (Å²) in [5.41, 5.74) is 2.89. The highest BCUT2D eigenvalue weighted by Gasteiger charge is 1.97. The van der Waals surface area contributed by atoms with Crippen molar-refractivity contribution < 1.29 is 10.0 Å². The summed E-state index contributed by atoms with van der Waals surface area (Å²) >= 11 is 0. The molecule has 0 atom stereocenters. The predicted molar refractivity (Wildman–Crippen MR) is 90.6 cm³/mol. The van der Waals surface area contributed by atoms with Crippen molar-refractivity contribution in [2.45, 2.75) is 38.5 Å². The Bertz CT molecular complexity index is 634. The molecule has 0 unspecified atom stereocenters. The Morgan fingerprint density at radius 2 is 1.77 bits per heavy atom. The number of hydrogen-bond donors (Lipinski definition) is 2. The van der Waals surface area contributed by atoms with Gasteiger partial charge in [-0.1, -0.05) is 61.4 Å². The molecule has 3 nitrogen and oxygen atoms in total. The zero-order chi connectivity index (χ0) is 15.6. The van der Waals surface area contributed by atoms with Crippen molar-refractivity contribution in [3.05, 3.63) is 54.1 Å². The second-order valence-electron chi connectivity index (χ2n) is 5.50. The van der Waals surface area contributed by atoms with E-state index in [1.807, 2.05) is 0 Å². The van der Waals surface area contributed by atoms with E-state index < -0.39 is 0 Å². The number of unbranched alkanes of at least 4 members (excludes halogenated alkanes) is 4. The van der Waals surface area contributed by atoms with Gasteiger partial charge < -0.3 is 0 Å². The van der Waals surface area contributed by atoms with Gasteiger partial charge in [0.1, 0.15) is 0 Å². The van der Waals surface area contributed by atoms with Crippen LogP contribution >= 0.6 is 0 Å². The summed E-state index contributed by atoms with van der Waals surface area (Å²) < 4.78 is 0. The van der Waals surface area contributed by atoms with Crippen molar-refractivity contribution in [3.8, 4) is 0 Å². The number of allylic oxidation sites excluding steroid dienone is 1. The van der Waals surface area contributed by atoms with Crippen LogP contribution in [0.4, 0.5) is 0 Å². The van der Waals surface area contributed by atoms with Gasteiger partial charge in [-0.25, -0.2) is 5.48 Å². The SMILES string of the molecule is O=C(CCCCCC/C=C/c1ccc2ccccc2c1)NO. The molecule has 22 heavy (non-hydrogen) atoms. The Balaban J connectivity index is 1.67. The molecule has 0 aromatic heterocycles. The van der Waals surface area contributed by atoms with E-state index in [1.165, 1.54) is 16.3 Å². The number of nitrogens with one attached hydrogen (secondary N) is 1. The van der Waals surface area contributed by atoms with Crippen molar-refractivity contribution in [1.29, 1.82) is 0 Å². The van der Waals surface area contributed by atoms with Crippen LogP contribution in [0.1, 0.15) is 44.1 Å². The number of hydrogen-bond acceptors (Lipinski definition) is 2. The molecule has 0 spiro atoms. The topological polar surface area (TPSA) is 49.3 Å². The van der Waals surface area contributed by atoms with E-state index in [4.69, 9.17) is 5.21 Å². The van der Waals surface area contributed by atoms with Crippen molar-refractivity contribution >= 4 is 22.8 Å². The van der Waals surface area contributed by atoms with Crippen LogP contribution in [0, 0.1) is 0 Å². The summed E-state index contributed by atoms with van der Waals surface area (Å²) in [5, 5.41) is 10.9. The van der Waals surface area contributed by atoms with E-state index in [1.54, 1.807) is 5.48 Å². The van der Waals surface area contributed by atoms with Gasteiger partial charge in [-0.15, -0.1) is 0 Å². The number of carbonyl (C=O) groups is 1. The van der Waals surface area contributed by atoms with E-state index in [9.17, 15) is 4.79 Å². The highest BCUT2D eigenvalue weighted by atomic mass is 16.5. The second-order valence-corrected chi connectivity index (χ2v) is 5.50. The van der Waals surface area contributed by atoms with E-state index >= 15 is 0 Å². The van der Waals surface area contributed by atoms with E-state index in [-0.39, 0.29) is 5.91 Å². The highest BCUT2D eigenvalue weighted by molar-refractivity contribution is 5.84. The number of fused-ring (bicyclic) bond motifs is 1. The largest absolute Gasteiger partial charge is 0.289 e. The first-order valence-electron chi connectivity index (χ1n) is 7.88. The minimum atomic E-state index is -0.295. The molecule has 2 rings (SSSR count). The molecule has 0 bridgehead atoms. The smallest absolute Gasteiger partial charge is 0.243 e. The van der Waals surface area contributed by atoms with Gasteiger partial charge in [-0.05, 0) is 41.7 Å². The van der Waals surface area contributed by atoms with Gasteiger partial charge in [0, 0.05) is 6.42 Å². The molecule has 0 radical (unpaired) electrons. The molecule has 0 fully saturated rings. The van der Waals surface area contributed by atoms with Gasteiger partial charge in [0.25, 0.3) is 0 Å². The van der Waals surface area contributed by atoms with Crippen LogP contribution < -0.4 is 5.48 Å². The lowest BCUT2D eigenvalue weighted by atomic mass is 10.1. The quantitative estimate of drug-likeness (QED) is 0.421. The fraction of sp³-hybridized carbons (Fsp3) is 0.316. The first-order valence-corrected chi connectivity index (χ1v) is 7.88. The van der Waals surface area contributed by atoms with Gasteiger partial charge >= 0.3 is 0 Å². The summed E-state index contributed by atoms with van der Waals surface area (Å²) in [7, 11) is 0. The Morgan fingerprint density at radius 1 is 1.00 bits per heavy atom. The van der Waals surface area contributed by atoms with Crippen LogP contribution in [-0.2, 0) is 4.79 Å². The van der Waals surface area contributed by atoms with Gasteiger partial charge in [-0.2, -0.15) is 0 Å². The first kappa shape index (κ1) is 16.2. The number of hydroxylamine groups is 1. The second kappa shape index (κ2) is 9.00. The molecular weight excluding hydrogens is 274 g/mol.